The van der Waals surface area contributed by atoms with Crippen molar-refractivity contribution in [3.8, 4) is 0 Å². The van der Waals surface area contributed by atoms with Crippen molar-refractivity contribution in [1.82, 2.24) is 10.1 Å². The summed E-state index contributed by atoms with van der Waals surface area (Å²) in [5.74, 6) is 0.222. The molecule has 0 bridgehead atoms. The maximum atomic E-state index is 12.3. The first-order valence-corrected chi connectivity index (χ1v) is 7.85. The highest BCUT2D eigenvalue weighted by atomic mass is 32.1. The Bertz CT molecular complexity index is 787. The fourth-order valence-corrected chi connectivity index (χ4v) is 3.09. The topological polar surface area (TPSA) is 65.2 Å². The Morgan fingerprint density at radius 3 is 2.86 bits per heavy atom. The van der Waals surface area contributed by atoms with Gasteiger partial charge in [-0.3, -0.25) is 0 Å². The van der Waals surface area contributed by atoms with Crippen LogP contribution in [-0.4, -0.2) is 16.1 Å². The van der Waals surface area contributed by atoms with Gasteiger partial charge >= 0.3 is 5.97 Å². The molecule has 2 aromatic heterocycles. The molecule has 0 atom stereocenters. The summed E-state index contributed by atoms with van der Waals surface area (Å²) in [4.78, 5) is 16.7. The van der Waals surface area contributed by atoms with Crippen LogP contribution in [0.1, 0.15) is 46.6 Å². The lowest BCUT2D eigenvalue weighted by atomic mass is 10.1. The van der Waals surface area contributed by atoms with Crippen LogP contribution in [0.25, 0.3) is 10.2 Å². The van der Waals surface area contributed by atoms with Gasteiger partial charge in [-0.1, -0.05) is 31.1 Å². The van der Waals surface area contributed by atoms with Gasteiger partial charge in [-0.2, -0.15) is 0 Å². The highest BCUT2D eigenvalue weighted by Gasteiger charge is 2.24. The molecule has 3 aromatic rings. The second kappa shape index (κ2) is 5.88. The maximum absolute atomic E-state index is 12.3. The average Bonchev–Trinajstić information content (AvgIpc) is 3.07. The summed E-state index contributed by atoms with van der Waals surface area (Å²) in [5.41, 5.74) is 1.90. The first kappa shape index (κ1) is 14.7. The zero-order chi connectivity index (χ0) is 15.7. The number of benzene rings is 1. The number of hydrogen-bond acceptors (Lipinski definition) is 6. The molecule has 1 aromatic carbocycles. The number of hydrogen-bond donors (Lipinski definition) is 0. The number of aryl methyl sites for hydroxylation is 1. The van der Waals surface area contributed by atoms with E-state index in [9.17, 15) is 4.79 Å². The molecule has 0 aliphatic heterocycles. The number of ether oxygens (including phenoxy) is 1. The second-order valence-electron chi connectivity index (χ2n) is 5.31. The molecule has 0 fully saturated rings. The molecule has 5 nitrogen and oxygen atoms in total. The monoisotopic (exact) mass is 316 g/mol. The molecule has 3 rings (SSSR count). The molecule has 0 N–H and O–H groups in total. The van der Waals surface area contributed by atoms with Gasteiger partial charge in [0.1, 0.15) is 17.2 Å². The van der Waals surface area contributed by atoms with E-state index in [2.05, 4.69) is 10.1 Å². The Morgan fingerprint density at radius 2 is 2.14 bits per heavy atom. The van der Waals surface area contributed by atoms with Crippen molar-refractivity contribution in [2.75, 3.05) is 0 Å². The average molecular weight is 316 g/mol. The molecule has 0 unspecified atom stereocenters. The van der Waals surface area contributed by atoms with E-state index in [0.717, 1.165) is 15.2 Å². The van der Waals surface area contributed by atoms with Crippen LogP contribution < -0.4 is 0 Å². The lowest BCUT2D eigenvalue weighted by molar-refractivity contribution is 0.0468. The van der Waals surface area contributed by atoms with E-state index < -0.39 is 5.97 Å². The van der Waals surface area contributed by atoms with E-state index in [4.69, 9.17) is 9.26 Å². The van der Waals surface area contributed by atoms with E-state index in [0.29, 0.717) is 17.0 Å². The van der Waals surface area contributed by atoms with Crippen LogP contribution in [0, 0.1) is 6.92 Å². The summed E-state index contributed by atoms with van der Waals surface area (Å²) in [6.07, 6.45) is 0. The second-order valence-corrected chi connectivity index (χ2v) is 6.43. The van der Waals surface area contributed by atoms with E-state index in [1.807, 2.05) is 38.1 Å². The molecule has 0 spiro atoms. The van der Waals surface area contributed by atoms with Crippen LogP contribution in [0.5, 0.6) is 0 Å². The van der Waals surface area contributed by atoms with Gasteiger partial charge in [0.25, 0.3) is 0 Å². The third kappa shape index (κ3) is 2.74. The molecule has 22 heavy (non-hydrogen) atoms. The molecule has 6 heteroatoms. The third-order valence-corrected chi connectivity index (χ3v) is 4.29. The summed E-state index contributed by atoms with van der Waals surface area (Å²) in [6, 6.07) is 7.84. The minimum Gasteiger partial charge on any atom is -0.455 e. The van der Waals surface area contributed by atoms with Crippen molar-refractivity contribution in [2.24, 2.45) is 0 Å². The Hall–Kier alpha value is -2.21. The third-order valence-electron chi connectivity index (χ3n) is 3.28. The largest absolute Gasteiger partial charge is 0.455 e. The molecule has 0 radical (unpaired) electrons. The minimum absolute atomic E-state index is 0.0752. The fraction of sp³-hybridized carbons (Fsp3) is 0.312. The van der Waals surface area contributed by atoms with Crippen molar-refractivity contribution in [1.29, 1.82) is 0 Å². The van der Waals surface area contributed by atoms with E-state index in [1.165, 1.54) is 11.3 Å². The molecule has 114 valence electrons. The van der Waals surface area contributed by atoms with Crippen LogP contribution in [0.2, 0.25) is 0 Å². The minimum atomic E-state index is -0.415. The van der Waals surface area contributed by atoms with E-state index in [1.54, 1.807) is 6.92 Å². The number of aromatic nitrogens is 2. The molecule has 0 saturated carbocycles. The Morgan fingerprint density at radius 1 is 1.36 bits per heavy atom. The summed E-state index contributed by atoms with van der Waals surface area (Å²) in [6.45, 7) is 5.79. The molecule has 0 saturated heterocycles. The number of carbonyl (C=O) groups excluding carboxylic acids is 1. The summed E-state index contributed by atoms with van der Waals surface area (Å²) < 4.78 is 11.7. The Kier molecular flexibility index (Phi) is 3.94. The van der Waals surface area contributed by atoms with Crippen molar-refractivity contribution in [3.05, 3.63) is 46.3 Å². The lowest BCUT2D eigenvalue weighted by Gasteiger charge is -2.05. The van der Waals surface area contributed by atoms with Crippen LogP contribution in [0.3, 0.4) is 0 Å². The van der Waals surface area contributed by atoms with Gasteiger partial charge in [0.2, 0.25) is 0 Å². The standard InChI is InChI=1S/C16H16N2O3S/c1-9(2)15-14(10(3)18-21-15)16(19)20-8-13-17-11-6-4-5-7-12(11)22-13/h4-7,9H,8H2,1-3H3. The molecular weight excluding hydrogens is 300 g/mol. The maximum Gasteiger partial charge on any atom is 0.344 e. The smallest absolute Gasteiger partial charge is 0.344 e. The van der Waals surface area contributed by atoms with Gasteiger partial charge in [-0.15, -0.1) is 11.3 Å². The number of thiazole rings is 1. The SMILES string of the molecule is Cc1noc(C(C)C)c1C(=O)OCc1nc2ccccc2s1. The highest BCUT2D eigenvalue weighted by molar-refractivity contribution is 7.18. The predicted octanol–water partition coefficient (Wildman–Crippen LogP) is 4.07. The van der Waals surface area contributed by atoms with Gasteiger partial charge in [-0.05, 0) is 19.1 Å². The van der Waals surface area contributed by atoms with Gasteiger partial charge in [-0.25, -0.2) is 9.78 Å². The van der Waals surface area contributed by atoms with E-state index in [-0.39, 0.29) is 12.5 Å². The summed E-state index contributed by atoms with van der Waals surface area (Å²) in [7, 11) is 0. The van der Waals surface area contributed by atoms with E-state index >= 15 is 0 Å². The first-order valence-electron chi connectivity index (χ1n) is 7.04. The summed E-state index contributed by atoms with van der Waals surface area (Å²) >= 11 is 1.52. The van der Waals surface area contributed by atoms with Crippen LogP contribution in [0.15, 0.2) is 28.8 Å². The number of fused-ring (bicyclic) bond motifs is 1. The number of esters is 1. The van der Waals surface area contributed by atoms with Crippen LogP contribution >= 0.6 is 11.3 Å². The molecular formula is C16H16N2O3S. The van der Waals surface area contributed by atoms with Crippen LogP contribution in [-0.2, 0) is 11.3 Å². The number of nitrogens with zero attached hydrogens (tertiary/aromatic N) is 2. The van der Waals surface area contributed by atoms with Gasteiger partial charge in [0.05, 0.1) is 15.9 Å². The fourth-order valence-electron chi connectivity index (χ4n) is 2.21. The molecule has 0 aliphatic carbocycles. The number of rotatable bonds is 4. The summed E-state index contributed by atoms with van der Waals surface area (Å²) in [5, 5.41) is 4.63. The van der Waals surface area contributed by atoms with Crippen molar-refractivity contribution in [3.63, 3.8) is 0 Å². The van der Waals surface area contributed by atoms with Crippen molar-refractivity contribution >= 4 is 27.5 Å². The molecule has 0 amide bonds. The molecule has 0 aliphatic rings. The number of carbonyl (C=O) groups is 1. The first-order chi connectivity index (χ1) is 10.6. The van der Waals surface area contributed by atoms with Crippen molar-refractivity contribution in [2.45, 2.75) is 33.3 Å². The Balaban J connectivity index is 1.76. The molecule has 2 heterocycles. The van der Waals surface area contributed by atoms with Crippen molar-refractivity contribution < 1.29 is 14.1 Å². The zero-order valence-corrected chi connectivity index (χ0v) is 13.4. The van der Waals surface area contributed by atoms with Gasteiger partial charge in [0, 0.05) is 5.92 Å². The highest BCUT2D eigenvalue weighted by Crippen LogP contribution is 2.25. The van der Waals surface area contributed by atoms with Crippen LogP contribution in [0.4, 0.5) is 0 Å². The zero-order valence-electron chi connectivity index (χ0n) is 12.6. The quantitative estimate of drug-likeness (QED) is 0.679. The van der Waals surface area contributed by atoms with Gasteiger partial charge < -0.3 is 9.26 Å². The van der Waals surface area contributed by atoms with Gasteiger partial charge in [0.15, 0.2) is 5.76 Å². The normalized spacial score (nSPS) is 11.3. The number of para-hydroxylation sites is 1. The lowest BCUT2D eigenvalue weighted by Crippen LogP contribution is -2.09. The Labute approximate surface area is 131 Å². The predicted molar refractivity (Wildman–Crippen MR) is 84.1 cm³/mol.